The van der Waals surface area contributed by atoms with Crippen LogP contribution in [0.25, 0.3) is 0 Å². The number of hydrogen-bond donors (Lipinski definition) is 0. The maximum atomic E-state index is 2.56. The summed E-state index contributed by atoms with van der Waals surface area (Å²) < 4.78 is 0. The summed E-state index contributed by atoms with van der Waals surface area (Å²) in [5, 5.41) is 3.45. The van der Waals surface area contributed by atoms with Crippen LogP contribution in [0.1, 0.15) is 33.3 Å². The Kier molecular flexibility index (Phi) is 4.49. The van der Waals surface area contributed by atoms with E-state index in [-0.39, 0.29) is 5.04 Å². The van der Waals surface area contributed by atoms with Gasteiger partial charge in [-0.1, -0.05) is 91.0 Å². The summed E-state index contributed by atoms with van der Waals surface area (Å²) in [6.07, 6.45) is 2.56. The molecule has 1 aromatic carbocycles. The van der Waals surface area contributed by atoms with Crippen molar-refractivity contribution in [2.24, 2.45) is 0 Å². The van der Waals surface area contributed by atoms with Crippen LogP contribution in [0.15, 0.2) is 41.0 Å². The van der Waals surface area contributed by atoms with Gasteiger partial charge < -0.3 is 0 Å². The average Bonchev–Trinajstić information content (AvgIpc) is 2.62. The van der Waals surface area contributed by atoms with Crippen LogP contribution < -0.4 is 10.4 Å². The molecule has 2 rings (SSSR count). The standard InChI is InChI=1S/C21H34Si2/c1-15-11-19(22(6,7)8)13-20(12-15)23(9,10)21(5)14-16(2)17(3)18(21)4/h11-14H,1-10H3. The van der Waals surface area contributed by atoms with Crippen molar-refractivity contribution in [3.05, 3.63) is 46.6 Å². The molecule has 1 unspecified atom stereocenters. The fourth-order valence-electron chi connectivity index (χ4n) is 3.86. The molecule has 0 saturated carbocycles. The number of rotatable bonds is 3. The van der Waals surface area contributed by atoms with E-state index < -0.39 is 16.1 Å². The highest BCUT2D eigenvalue weighted by atomic mass is 28.3. The fourth-order valence-corrected chi connectivity index (χ4v) is 8.66. The molecule has 1 aliphatic carbocycles. The molecule has 23 heavy (non-hydrogen) atoms. The predicted octanol–water partition coefficient (Wildman–Crippen LogP) is 5.51. The van der Waals surface area contributed by atoms with Gasteiger partial charge >= 0.3 is 0 Å². The smallest absolute Gasteiger partial charge is 0.0737 e. The predicted molar refractivity (Wildman–Crippen MR) is 112 cm³/mol. The largest absolute Gasteiger partial charge is 0.0946 e. The van der Waals surface area contributed by atoms with Gasteiger partial charge in [-0.05, 0) is 33.3 Å². The summed E-state index contributed by atoms with van der Waals surface area (Å²) in [6.45, 7) is 24.1. The first-order valence-corrected chi connectivity index (χ1v) is 15.3. The van der Waals surface area contributed by atoms with Crippen LogP contribution in [-0.2, 0) is 0 Å². The lowest BCUT2D eigenvalue weighted by molar-refractivity contribution is 0.859. The third kappa shape index (κ3) is 2.96. The Balaban J connectivity index is 2.64. The van der Waals surface area contributed by atoms with E-state index >= 15 is 0 Å². The molecule has 0 heterocycles. The third-order valence-electron chi connectivity index (χ3n) is 6.40. The van der Waals surface area contributed by atoms with E-state index in [1.165, 1.54) is 16.7 Å². The average molecular weight is 343 g/mol. The maximum absolute atomic E-state index is 2.56. The molecule has 0 spiro atoms. The zero-order valence-corrected chi connectivity index (χ0v) is 18.8. The molecule has 2 heteroatoms. The second-order valence-electron chi connectivity index (χ2n) is 9.24. The van der Waals surface area contributed by atoms with E-state index in [1.54, 1.807) is 15.9 Å². The van der Waals surface area contributed by atoms with Gasteiger partial charge in [-0.2, -0.15) is 0 Å². The zero-order valence-electron chi connectivity index (χ0n) is 16.8. The normalized spacial score (nSPS) is 22.6. The lowest BCUT2D eigenvalue weighted by Crippen LogP contribution is -2.53. The van der Waals surface area contributed by atoms with Crippen molar-refractivity contribution < 1.29 is 0 Å². The highest BCUT2D eigenvalue weighted by molar-refractivity contribution is 6.94. The molecule has 0 fully saturated rings. The van der Waals surface area contributed by atoms with Crippen molar-refractivity contribution in [1.29, 1.82) is 0 Å². The SMILES string of the molecule is CC1=CC(C)([Si](C)(C)c2cc(C)cc([Si](C)(C)C)c2)C(C)=C1C. The van der Waals surface area contributed by atoms with Gasteiger partial charge in [0.05, 0.1) is 16.1 Å². The van der Waals surface area contributed by atoms with E-state index in [9.17, 15) is 0 Å². The van der Waals surface area contributed by atoms with Crippen LogP contribution in [0.2, 0.25) is 37.8 Å². The second-order valence-corrected chi connectivity index (χ2v) is 19.2. The summed E-state index contributed by atoms with van der Waals surface area (Å²) in [6, 6.07) is 7.44. The monoisotopic (exact) mass is 342 g/mol. The van der Waals surface area contributed by atoms with Crippen LogP contribution in [0.4, 0.5) is 0 Å². The first-order valence-electron chi connectivity index (χ1n) is 8.81. The summed E-state index contributed by atoms with van der Waals surface area (Å²) in [7, 11) is -2.96. The molecule has 1 atom stereocenters. The van der Waals surface area contributed by atoms with Crippen molar-refractivity contribution >= 4 is 26.5 Å². The Morgan fingerprint density at radius 3 is 1.74 bits per heavy atom. The number of benzene rings is 1. The van der Waals surface area contributed by atoms with Gasteiger partial charge in [-0.3, -0.25) is 0 Å². The fraction of sp³-hybridized carbons (Fsp3) is 0.524. The summed E-state index contributed by atoms with van der Waals surface area (Å²) in [5.74, 6) is 0. The molecule has 0 bridgehead atoms. The van der Waals surface area contributed by atoms with Gasteiger partial charge in [0.2, 0.25) is 0 Å². The summed E-state index contributed by atoms with van der Waals surface area (Å²) in [4.78, 5) is 0. The van der Waals surface area contributed by atoms with E-state index in [0.29, 0.717) is 0 Å². The van der Waals surface area contributed by atoms with Crippen LogP contribution in [-0.4, -0.2) is 16.1 Å². The number of allylic oxidation sites excluding steroid dienone is 4. The number of hydrogen-bond acceptors (Lipinski definition) is 0. The molecule has 0 nitrogen and oxygen atoms in total. The molecule has 0 N–H and O–H groups in total. The van der Waals surface area contributed by atoms with Crippen LogP contribution >= 0.6 is 0 Å². The second kappa shape index (κ2) is 5.59. The van der Waals surface area contributed by atoms with Crippen molar-refractivity contribution in [3.63, 3.8) is 0 Å². The Morgan fingerprint density at radius 2 is 1.30 bits per heavy atom. The lowest BCUT2D eigenvalue weighted by Gasteiger charge is -2.41. The maximum Gasteiger partial charge on any atom is 0.0946 e. The van der Waals surface area contributed by atoms with Crippen LogP contribution in [0.5, 0.6) is 0 Å². The van der Waals surface area contributed by atoms with Crippen LogP contribution in [0.3, 0.4) is 0 Å². The molecule has 0 aliphatic heterocycles. The minimum atomic E-state index is -1.67. The highest BCUT2D eigenvalue weighted by Crippen LogP contribution is 2.52. The van der Waals surface area contributed by atoms with Crippen molar-refractivity contribution in [1.82, 2.24) is 0 Å². The number of aryl methyl sites for hydroxylation is 1. The van der Waals surface area contributed by atoms with E-state index in [4.69, 9.17) is 0 Å². The lowest BCUT2D eigenvalue weighted by atomic mass is 10.0. The third-order valence-corrected chi connectivity index (χ3v) is 13.3. The van der Waals surface area contributed by atoms with Crippen molar-refractivity contribution in [3.8, 4) is 0 Å². The Labute approximate surface area is 145 Å². The van der Waals surface area contributed by atoms with Gasteiger partial charge in [0.1, 0.15) is 0 Å². The molecule has 0 saturated heterocycles. The van der Waals surface area contributed by atoms with Gasteiger partial charge in [0, 0.05) is 5.04 Å². The van der Waals surface area contributed by atoms with Gasteiger partial charge in [-0.25, -0.2) is 0 Å². The first kappa shape index (κ1) is 18.5. The topological polar surface area (TPSA) is 0 Å². The molecule has 126 valence electrons. The van der Waals surface area contributed by atoms with Gasteiger partial charge in [-0.15, -0.1) is 0 Å². The molecule has 0 radical (unpaired) electrons. The Bertz CT molecular complexity index is 699. The Morgan fingerprint density at radius 1 is 0.783 bits per heavy atom. The first-order chi connectivity index (χ1) is 10.3. The zero-order chi connectivity index (χ0) is 17.8. The summed E-state index contributed by atoms with van der Waals surface area (Å²) in [5.41, 5.74) is 6.00. The van der Waals surface area contributed by atoms with Gasteiger partial charge in [0.25, 0.3) is 0 Å². The Hall–Kier alpha value is -0.866. The molecular weight excluding hydrogens is 308 g/mol. The quantitative estimate of drug-likeness (QED) is 0.635. The minimum absolute atomic E-state index is 0.228. The molecule has 0 amide bonds. The van der Waals surface area contributed by atoms with Gasteiger partial charge in [0.15, 0.2) is 0 Å². The van der Waals surface area contributed by atoms with Crippen molar-refractivity contribution in [2.75, 3.05) is 0 Å². The molecular formula is C21H34Si2. The van der Waals surface area contributed by atoms with Crippen molar-refractivity contribution in [2.45, 2.75) is 72.4 Å². The van der Waals surface area contributed by atoms with E-state index in [2.05, 4.69) is 91.6 Å². The minimum Gasteiger partial charge on any atom is -0.0737 e. The highest BCUT2D eigenvalue weighted by Gasteiger charge is 2.47. The van der Waals surface area contributed by atoms with Crippen LogP contribution in [0, 0.1) is 6.92 Å². The molecule has 1 aliphatic rings. The molecule has 1 aromatic rings. The summed E-state index contributed by atoms with van der Waals surface area (Å²) >= 11 is 0. The van der Waals surface area contributed by atoms with E-state index in [1.807, 2.05) is 0 Å². The van der Waals surface area contributed by atoms with E-state index in [0.717, 1.165) is 0 Å². The molecule has 0 aromatic heterocycles.